The van der Waals surface area contributed by atoms with E-state index in [4.69, 9.17) is 9.84 Å². The fourth-order valence-corrected chi connectivity index (χ4v) is 2.46. The summed E-state index contributed by atoms with van der Waals surface area (Å²) in [6, 6.07) is 1.67. The molecule has 5 nitrogen and oxygen atoms in total. The summed E-state index contributed by atoms with van der Waals surface area (Å²) >= 11 is 1.33. The molecule has 1 rings (SSSR count). The Morgan fingerprint density at radius 1 is 1.43 bits per heavy atom. The van der Waals surface area contributed by atoms with Crippen LogP contribution in [0.5, 0.6) is 0 Å². The van der Waals surface area contributed by atoms with Gasteiger partial charge in [0.15, 0.2) is 0 Å². The van der Waals surface area contributed by atoms with Crippen LogP contribution in [-0.2, 0) is 9.53 Å². The molecule has 0 radical (unpaired) electrons. The van der Waals surface area contributed by atoms with Crippen molar-refractivity contribution in [3.63, 3.8) is 0 Å². The number of carbonyl (C=O) groups is 2. The van der Waals surface area contributed by atoms with E-state index >= 15 is 0 Å². The second kappa shape index (κ2) is 9.16. The minimum atomic E-state index is -0.408. The summed E-state index contributed by atoms with van der Waals surface area (Å²) in [5.41, 5.74) is 0.500. The Labute approximate surface area is 128 Å². The number of hydrogen-bond donors (Lipinski definition) is 1. The molecule has 21 heavy (non-hydrogen) atoms. The second-order valence-electron chi connectivity index (χ2n) is 4.19. The van der Waals surface area contributed by atoms with Crippen LogP contribution in [0.3, 0.4) is 0 Å². The number of aliphatic hydroxyl groups is 1. The summed E-state index contributed by atoms with van der Waals surface area (Å²) in [6.45, 7) is 4.20. The first kappa shape index (κ1) is 17.2. The summed E-state index contributed by atoms with van der Waals surface area (Å²) < 4.78 is 4.88. The maximum atomic E-state index is 12.4. The van der Waals surface area contributed by atoms with Gasteiger partial charge in [-0.05, 0) is 19.4 Å². The fraction of sp³-hybridized carbons (Fsp3) is 0.467. The molecule has 0 aliphatic rings. The lowest BCUT2D eigenvalue weighted by Crippen LogP contribution is -2.36. The molecular formula is C15H19NO4S. The molecule has 0 saturated heterocycles. The van der Waals surface area contributed by atoms with Crippen molar-refractivity contribution < 1.29 is 19.4 Å². The van der Waals surface area contributed by atoms with Gasteiger partial charge in [0.2, 0.25) is 0 Å². The van der Waals surface area contributed by atoms with Crippen molar-refractivity contribution in [3.05, 3.63) is 21.9 Å². The fourth-order valence-electron chi connectivity index (χ4n) is 1.71. The molecule has 0 saturated carbocycles. The first-order chi connectivity index (χ1) is 10.1. The minimum absolute atomic E-state index is 0.0476. The van der Waals surface area contributed by atoms with Crippen LogP contribution in [0.25, 0.3) is 0 Å². The molecule has 0 aromatic carbocycles. The van der Waals surface area contributed by atoms with Gasteiger partial charge in [0.1, 0.15) is 13.2 Å². The van der Waals surface area contributed by atoms with Gasteiger partial charge in [-0.2, -0.15) is 0 Å². The Kier molecular flexibility index (Phi) is 7.51. The van der Waals surface area contributed by atoms with Crippen LogP contribution in [0.2, 0.25) is 0 Å². The summed E-state index contributed by atoms with van der Waals surface area (Å²) in [5, 5.41) is 10.4. The summed E-state index contributed by atoms with van der Waals surface area (Å²) in [5.74, 6) is 4.68. The van der Waals surface area contributed by atoms with E-state index in [9.17, 15) is 9.59 Å². The van der Waals surface area contributed by atoms with Crippen LogP contribution < -0.4 is 0 Å². The zero-order valence-corrected chi connectivity index (χ0v) is 13.0. The van der Waals surface area contributed by atoms with Gasteiger partial charge in [0, 0.05) is 11.9 Å². The maximum absolute atomic E-state index is 12.4. The van der Waals surface area contributed by atoms with E-state index in [1.54, 1.807) is 18.4 Å². The van der Waals surface area contributed by atoms with Gasteiger partial charge in [-0.3, -0.25) is 9.59 Å². The lowest BCUT2D eigenvalue weighted by atomic mass is 10.2. The number of esters is 1. The van der Waals surface area contributed by atoms with Crippen LogP contribution in [-0.4, -0.2) is 48.2 Å². The highest BCUT2D eigenvalue weighted by Gasteiger charge is 2.19. The first-order valence-electron chi connectivity index (χ1n) is 6.75. The van der Waals surface area contributed by atoms with Crippen molar-refractivity contribution in [2.24, 2.45) is 0 Å². The summed E-state index contributed by atoms with van der Waals surface area (Å²) in [4.78, 5) is 26.1. The van der Waals surface area contributed by atoms with E-state index in [0.717, 1.165) is 6.42 Å². The Bertz CT molecular complexity index is 541. The first-order valence-corrected chi connectivity index (χ1v) is 7.63. The summed E-state index contributed by atoms with van der Waals surface area (Å²) in [6.07, 6.45) is 0.756. The molecule has 0 fully saturated rings. The van der Waals surface area contributed by atoms with E-state index in [1.165, 1.54) is 16.2 Å². The molecule has 1 N–H and O–H groups in total. The number of thiophene rings is 1. The number of rotatable bonds is 6. The van der Waals surface area contributed by atoms with Gasteiger partial charge >= 0.3 is 5.97 Å². The molecule has 114 valence electrons. The van der Waals surface area contributed by atoms with Gasteiger partial charge in [-0.1, -0.05) is 18.8 Å². The van der Waals surface area contributed by atoms with Crippen LogP contribution in [0, 0.1) is 11.8 Å². The Morgan fingerprint density at radius 2 is 2.19 bits per heavy atom. The van der Waals surface area contributed by atoms with Crippen LogP contribution in [0.15, 0.2) is 11.4 Å². The lowest BCUT2D eigenvalue weighted by Gasteiger charge is -2.20. The quantitative estimate of drug-likeness (QED) is 0.639. The molecule has 1 aromatic rings. The van der Waals surface area contributed by atoms with Gasteiger partial charge in [0.05, 0.1) is 17.0 Å². The highest BCUT2D eigenvalue weighted by atomic mass is 32.1. The minimum Gasteiger partial charge on any atom is -0.465 e. The van der Waals surface area contributed by atoms with Crippen molar-refractivity contribution in [2.75, 3.05) is 26.3 Å². The molecule has 1 heterocycles. The smallest absolute Gasteiger partial charge is 0.325 e. The van der Waals surface area contributed by atoms with Crippen LogP contribution >= 0.6 is 11.3 Å². The zero-order valence-electron chi connectivity index (χ0n) is 12.2. The summed E-state index contributed by atoms with van der Waals surface area (Å²) in [7, 11) is 0. The van der Waals surface area contributed by atoms with Gasteiger partial charge in [-0.25, -0.2) is 0 Å². The lowest BCUT2D eigenvalue weighted by molar-refractivity contribution is -0.143. The molecule has 1 aromatic heterocycles. The molecule has 0 atom stereocenters. The number of amides is 1. The molecule has 1 amide bonds. The maximum Gasteiger partial charge on any atom is 0.325 e. The van der Waals surface area contributed by atoms with Crippen molar-refractivity contribution in [1.29, 1.82) is 0 Å². The standard InChI is InChI=1S/C15H19NO4S/c1-3-7-16(10-14(18)20-4-2)15(19)12-9-13(21-11-12)6-5-8-17/h9,11,17H,3-4,7-8,10H2,1-2H3. The molecule has 0 unspecified atom stereocenters. The van der Waals surface area contributed by atoms with Crippen molar-refractivity contribution in [1.82, 2.24) is 4.90 Å². The molecule has 0 aliphatic heterocycles. The van der Waals surface area contributed by atoms with Gasteiger partial charge in [0.25, 0.3) is 5.91 Å². The predicted octanol–water partition coefficient (Wildman–Crippen LogP) is 1.51. The number of nitrogens with zero attached hydrogens (tertiary/aromatic N) is 1. The third-order valence-corrected chi connectivity index (χ3v) is 3.39. The third kappa shape index (κ3) is 5.58. The average molecular weight is 309 g/mol. The highest BCUT2D eigenvalue weighted by molar-refractivity contribution is 7.10. The van der Waals surface area contributed by atoms with Gasteiger partial charge < -0.3 is 14.7 Å². The van der Waals surface area contributed by atoms with Crippen LogP contribution in [0.4, 0.5) is 0 Å². The normalized spacial score (nSPS) is 9.67. The molecular weight excluding hydrogens is 290 g/mol. The van der Waals surface area contributed by atoms with Crippen molar-refractivity contribution in [3.8, 4) is 11.8 Å². The van der Waals surface area contributed by atoms with Crippen molar-refractivity contribution >= 4 is 23.2 Å². The van der Waals surface area contributed by atoms with E-state index in [-0.39, 0.29) is 19.1 Å². The molecule has 0 aliphatic carbocycles. The number of ether oxygens (including phenoxy) is 1. The topological polar surface area (TPSA) is 66.8 Å². The van der Waals surface area contributed by atoms with Gasteiger partial charge in [-0.15, -0.1) is 11.3 Å². The van der Waals surface area contributed by atoms with E-state index in [1.807, 2.05) is 6.92 Å². The van der Waals surface area contributed by atoms with E-state index < -0.39 is 5.97 Å². The molecule has 0 spiro atoms. The zero-order chi connectivity index (χ0) is 15.7. The van der Waals surface area contributed by atoms with E-state index in [2.05, 4.69) is 11.8 Å². The van der Waals surface area contributed by atoms with E-state index in [0.29, 0.717) is 23.6 Å². The Balaban J connectivity index is 2.80. The average Bonchev–Trinajstić information content (AvgIpc) is 2.93. The van der Waals surface area contributed by atoms with Crippen LogP contribution in [0.1, 0.15) is 35.5 Å². The Hall–Kier alpha value is -1.84. The van der Waals surface area contributed by atoms with Crippen molar-refractivity contribution in [2.45, 2.75) is 20.3 Å². The number of carbonyl (C=O) groups excluding carboxylic acids is 2. The predicted molar refractivity (Wildman–Crippen MR) is 81.1 cm³/mol. The second-order valence-corrected chi connectivity index (χ2v) is 5.10. The monoisotopic (exact) mass is 309 g/mol. The molecule has 6 heteroatoms. The SMILES string of the molecule is CCCN(CC(=O)OCC)C(=O)c1csc(C#CCO)c1. The number of hydrogen-bond acceptors (Lipinski definition) is 5. The third-order valence-electron chi connectivity index (χ3n) is 2.54. The Morgan fingerprint density at radius 3 is 2.81 bits per heavy atom. The largest absolute Gasteiger partial charge is 0.465 e. The highest BCUT2D eigenvalue weighted by Crippen LogP contribution is 2.16. The molecule has 0 bridgehead atoms. The number of aliphatic hydroxyl groups excluding tert-OH is 1.